The number of nitrogens with one attached hydrogen (secondary N) is 2. The van der Waals surface area contributed by atoms with Gasteiger partial charge in [-0.1, -0.05) is 24.3 Å². The second-order valence-electron chi connectivity index (χ2n) is 13.8. The Balaban J connectivity index is 1.06. The van der Waals surface area contributed by atoms with Gasteiger partial charge in [0, 0.05) is 78.5 Å². The molecule has 0 unspecified atom stereocenters. The normalized spacial score (nSPS) is 14.0. The van der Waals surface area contributed by atoms with Gasteiger partial charge < -0.3 is 15.1 Å². The monoisotopic (exact) mass is 797 g/mol. The number of thioether (sulfide) groups is 1. The summed E-state index contributed by atoms with van der Waals surface area (Å²) in [5.41, 5.74) is 3.55. The smallest absolute Gasteiger partial charge is 0.293 e. The molecule has 1 saturated heterocycles. The summed E-state index contributed by atoms with van der Waals surface area (Å²) in [6, 6.07) is 30.3. The highest BCUT2D eigenvalue weighted by molar-refractivity contribution is 7.99. The molecule has 2 N–H and O–H groups in total. The van der Waals surface area contributed by atoms with E-state index in [1.54, 1.807) is 54.4 Å². The summed E-state index contributed by atoms with van der Waals surface area (Å²) in [6.07, 6.45) is 2.43. The van der Waals surface area contributed by atoms with Crippen LogP contribution in [0.15, 0.2) is 125 Å². The summed E-state index contributed by atoms with van der Waals surface area (Å²) >= 11 is 1.63. The Morgan fingerprint density at radius 2 is 1.66 bits per heavy atom. The van der Waals surface area contributed by atoms with E-state index in [4.69, 9.17) is 0 Å². The average Bonchev–Trinajstić information content (AvgIpc) is 3.20. The highest BCUT2D eigenvalue weighted by Gasteiger charge is 2.26. The number of sulfonamides is 1. The Morgan fingerprint density at radius 1 is 0.946 bits per heavy atom. The van der Waals surface area contributed by atoms with Crippen molar-refractivity contribution in [2.75, 3.05) is 62.8 Å². The van der Waals surface area contributed by atoms with Gasteiger partial charge in [0.1, 0.15) is 11.5 Å². The van der Waals surface area contributed by atoms with E-state index in [-0.39, 0.29) is 23.1 Å². The van der Waals surface area contributed by atoms with Gasteiger partial charge >= 0.3 is 0 Å². The first-order chi connectivity index (χ1) is 26.9. The zero-order valence-electron chi connectivity index (χ0n) is 31.2. The molecule has 1 aliphatic heterocycles. The Morgan fingerprint density at radius 3 is 2.34 bits per heavy atom. The number of halogens is 1. The van der Waals surface area contributed by atoms with E-state index in [0.717, 1.165) is 66.2 Å². The maximum Gasteiger partial charge on any atom is 0.293 e. The maximum atomic E-state index is 13.5. The van der Waals surface area contributed by atoms with E-state index in [1.165, 1.54) is 24.3 Å². The van der Waals surface area contributed by atoms with Crippen LogP contribution in [0.1, 0.15) is 22.3 Å². The first-order valence-corrected chi connectivity index (χ1v) is 20.6. The number of rotatable bonds is 16. The fraction of sp³-hybridized carbons (Fsp3) is 0.268. The minimum absolute atomic E-state index is 0.133. The lowest BCUT2D eigenvalue weighted by molar-refractivity contribution is -0.384. The largest absolute Gasteiger partial charge is 0.376 e. The first kappa shape index (κ1) is 40.3. The molecule has 292 valence electrons. The summed E-state index contributed by atoms with van der Waals surface area (Å²) in [5, 5.41) is 15.4. The molecule has 1 aromatic heterocycles. The Bertz CT molecular complexity index is 2220. The zero-order chi connectivity index (χ0) is 39.7. The number of hydrogen-bond donors (Lipinski definition) is 2. The molecule has 2 heterocycles. The highest BCUT2D eigenvalue weighted by atomic mass is 32.2. The van der Waals surface area contributed by atoms with Gasteiger partial charge in [0.05, 0.1) is 15.5 Å². The van der Waals surface area contributed by atoms with Gasteiger partial charge in [-0.15, -0.1) is 11.8 Å². The predicted octanol–water partition coefficient (Wildman–Crippen LogP) is 6.76. The lowest BCUT2D eigenvalue weighted by atomic mass is 10.0. The Hall–Kier alpha value is -5.35. The quantitative estimate of drug-likeness (QED) is 0.0622. The molecule has 15 heteroatoms. The van der Waals surface area contributed by atoms with Crippen molar-refractivity contribution in [2.24, 2.45) is 0 Å². The van der Waals surface area contributed by atoms with Crippen LogP contribution in [0.4, 0.5) is 21.5 Å². The van der Waals surface area contributed by atoms with Gasteiger partial charge in [-0.3, -0.25) is 24.8 Å². The minimum atomic E-state index is -4.44. The molecule has 1 aliphatic rings. The molecular formula is C41H44FN7O5S2. The number of hydrogen-bond acceptors (Lipinski definition) is 11. The van der Waals surface area contributed by atoms with Crippen molar-refractivity contribution in [1.29, 1.82) is 0 Å². The second-order valence-corrected chi connectivity index (χ2v) is 16.5. The lowest BCUT2D eigenvalue weighted by Crippen LogP contribution is -2.46. The van der Waals surface area contributed by atoms with Gasteiger partial charge in [-0.25, -0.2) is 17.5 Å². The van der Waals surface area contributed by atoms with Crippen molar-refractivity contribution in [3.05, 3.63) is 142 Å². The van der Waals surface area contributed by atoms with Crippen LogP contribution in [0.5, 0.6) is 0 Å². The number of carbonyl (C=O) groups excluding carboxylic acids is 1. The van der Waals surface area contributed by atoms with Gasteiger partial charge in [0.15, 0.2) is 0 Å². The van der Waals surface area contributed by atoms with Crippen molar-refractivity contribution < 1.29 is 22.5 Å². The van der Waals surface area contributed by atoms with Crippen LogP contribution in [0, 0.1) is 15.9 Å². The number of aromatic nitrogens is 1. The van der Waals surface area contributed by atoms with Crippen LogP contribution in [-0.2, 0) is 16.6 Å². The van der Waals surface area contributed by atoms with Gasteiger partial charge in [0.2, 0.25) is 0 Å². The van der Waals surface area contributed by atoms with E-state index in [2.05, 4.69) is 24.8 Å². The molecule has 56 heavy (non-hydrogen) atoms. The molecule has 6 rings (SSSR count). The summed E-state index contributed by atoms with van der Waals surface area (Å²) in [4.78, 5) is 36.5. The number of benzene rings is 4. The number of piperazine rings is 1. The summed E-state index contributed by atoms with van der Waals surface area (Å²) in [7, 11) is -0.537. The number of amides is 1. The van der Waals surface area contributed by atoms with Crippen molar-refractivity contribution in [3.63, 3.8) is 0 Å². The standard InChI is InChI=1S/C41H44FN7O5S2/c1-46(2)22-20-34(29-55-36-8-4-3-5-9-36)44-38-19-18-37(27-39(38)49(51)52)56(53,54)45-41(50)31-12-16-35(17-13-31)48-25-23-47(24-26-48)28-32-7-6-21-43-40(32)30-10-14-33(42)15-11-30/h3-19,21,27,34,44H,20,22-26,28-29H2,1-2H3,(H,45,50)/t34-/m1/s1. The molecule has 0 bridgehead atoms. The molecular weight excluding hydrogens is 754 g/mol. The van der Waals surface area contributed by atoms with Crippen LogP contribution >= 0.6 is 11.8 Å². The Kier molecular flexibility index (Phi) is 13.3. The Labute approximate surface area is 330 Å². The fourth-order valence-corrected chi connectivity index (χ4v) is 8.39. The number of carbonyl (C=O) groups is 1. The second kappa shape index (κ2) is 18.5. The number of pyridine rings is 1. The van der Waals surface area contributed by atoms with Gasteiger partial charge in [0.25, 0.3) is 21.6 Å². The molecule has 5 aromatic rings. The van der Waals surface area contributed by atoms with E-state index in [9.17, 15) is 27.7 Å². The maximum absolute atomic E-state index is 13.5. The summed E-state index contributed by atoms with van der Waals surface area (Å²) in [6.45, 7) is 4.46. The van der Waals surface area contributed by atoms with Crippen LogP contribution in [-0.4, -0.2) is 92.6 Å². The van der Waals surface area contributed by atoms with E-state index in [0.29, 0.717) is 18.7 Å². The molecule has 0 saturated carbocycles. The number of nitro groups is 1. The fourth-order valence-electron chi connectivity index (χ4n) is 6.40. The molecule has 1 atom stereocenters. The molecule has 1 fully saturated rings. The molecule has 0 spiro atoms. The van der Waals surface area contributed by atoms with Crippen LogP contribution in [0.2, 0.25) is 0 Å². The third-order valence-electron chi connectivity index (χ3n) is 9.45. The third-order valence-corrected chi connectivity index (χ3v) is 12.0. The van der Waals surface area contributed by atoms with Crippen molar-refractivity contribution in [3.8, 4) is 11.3 Å². The van der Waals surface area contributed by atoms with Crippen molar-refractivity contribution >= 4 is 44.8 Å². The van der Waals surface area contributed by atoms with Crippen LogP contribution in [0.25, 0.3) is 11.3 Å². The molecule has 0 aliphatic carbocycles. The number of nitro benzene ring substituents is 1. The molecule has 0 radical (unpaired) electrons. The van der Waals surface area contributed by atoms with E-state index >= 15 is 0 Å². The number of nitrogens with zero attached hydrogens (tertiary/aromatic N) is 5. The SMILES string of the molecule is CN(C)CC[C@H](CSc1ccccc1)Nc1ccc(S(=O)(=O)NC(=O)c2ccc(N3CCN(Cc4cccnc4-c4ccc(F)cc4)CC3)cc2)cc1[N+](=O)[O-]. The average molecular weight is 798 g/mol. The van der Waals surface area contributed by atoms with E-state index < -0.39 is 31.4 Å². The predicted molar refractivity (Wildman–Crippen MR) is 219 cm³/mol. The summed E-state index contributed by atoms with van der Waals surface area (Å²) < 4.78 is 42.2. The highest BCUT2D eigenvalue weighted by Crippen LogP contribution is 2.30. The third kappa shape index (κ3) is 10.7. The van der Waals surface area contributed by atoms with Gasteiger partial charge in [-0.2, -0.15) is 0 Å². The minimum Gasteiger partial charge on any atom is -0.376 e. The zero-order valence-corrected chi connectivity index (χ0v) is 32.8. The number of anilines is 2. The first-order valence-electron chi connectivity index (χ1n) is 18.2. The topological polar surface area (TPSA) is 141 Å². The van der Waals surface area contributed by atoms with Crippen LogP contribution < -0.4 is 14.9 Å². The molecule has 12 nitrogen and oxygen atoms in total. The van der Waals surface area contributed by atoms with Crippen molar-refractivity contribution in [2.45, 2.75) is 28.8 Å². The summed E-state index contributed by atoms with van der Waals surface area (Å²) in [5.74, 6) is -0.507. The van der Waals surface area contributed by atoms with Gasteiger partial charge in [-0.05, 0) is 111 Å². The molecule has 4 aromatic carbocycles. The van der Waals surface area contributed by atoms with Crippen molar-refractivity contribution in [1.82, 2.24) is 19.5 Å². The van der Waals surface area contributed by atoms with Crippen LogP contribution in [0.3, 0.4) is 0 Å². The van der Waals surface area contributed by atoms with E-state index in [1.807, 2.05) is 61.5 Å². The molecule has 1 amide bonds. The lowest BCUT2D eigenvalue weighted by Gasteiger charge is -2.36.